The molecule has 4 aromatic carbocycles. The molecule has 0 unspecified atom stereocenters. The summed E-state index contributed by atoms with van der Waals surface area (Å²) in [6.45, 7) is 20.3. The number of carbonyl (C=O) groups is 4. The predicted molar refractivity (Wildman–Crippen MR) is 194 cm³/mol. The fraction of sp³-hybridized carbons (Fsp3) is 0.0952. The molecule has 0 aliphatic heterocycles. The van der Waals surface area contributed by atoms with Crippen LogP contribution in [0.5, 0.6) is 23.0 Å². The van der Waals surface area contributed by atoms with Gasteiger partial charge in [0.2, 0.25) is 0 Å². The molecule has 0 saturated carbocycles. The molecule has 0 fully saturated rings. The Hall–Kier alpha value is -6.61. The van der Waals surface area contributed by atoms with E-state index >= 15 is 4.39 Å². The normalized spacial score (nSPS) is 10.6. The van der Waals surface area contributed by atoms with Crippen molar-refractivity contribution in [3.05, 3.63) is 144 Å². The Labute approximate surface area is 295 Å². The zero-order chi connectivity index (χ0) is 37.4. The molecule has 0 saturated heterocycles. The number of rotatable bonds is 12. The van der Waals surface area contributed by atoms with Gasteiger partial charge in [0.05, 0.1) is 0 Å². The quantitative estimate of drug-likeness (QED) is 0.0629. The van der Waals surface area contributed by atoms with Gasteiger partial charge in [0.1, 0.15) is 28.8 Å². The summed E-state index contributed by atoms with van der Waals surface area (Å²) < 4.78 is 37.0. The van der Waals surface area contributed by atoms with Crippen LogP contribution in [0.25, 0.3) is 34.4 Å². The molecule has 0 bridgehead atoms. The minimum absolute atomic E-state index is 0.0422. The molecule has 0 heterocycles. The maximum Gasteiger partial charge on any atom is 0.338 e. The van der Waals surface area contributed by atoms with Crippen molar-refractivity contribution >= 4 is 36.0 Å². The molecule has 0 atom stereocenters. The molecule has 0 amide bonds. The molecule has 0 aliphatic carbocycles. The zero-order valence-electron chi connectivity index (χ0n) is 28.6. The maximum absolute atomic E-state index is 15.5. The number of esters is 4. The SMILES string of the molecule is C=C(C)C(=O)Oc1cc(OC(=O)C(=C)C)cc(-c2ccc(C=Cc3ccc(-c4cc(OC(=O)C(=C)C)cc(OC(=O)C(=C)C)c4)c(F)c3)cc2)c1. The topological polar surface area (TPSA) is 105 Å². The molecular weight excluding hydrogens is 651 g/mol. The van der Waals surface area contributed by atoms with Gasteiger partial charge in [-0.2, -0.15) is 0 Å². The maximum atomic E-state index is 15.5. The van der Waals surface area contributed by atoms with Crippen LogP contribution in [-0.4, -0.2) is 23.9 Å². The van der Waals surface area contributed by atoms with Gasteiger partial charge in [-0.25, -0.2) is 23.6 Å². The largest absolute Gasteiger partial charge is 0.423 e. The van der Waals surface area contributed by atoms with Crippen LogP contribution in [0.1, 0.15) is 38.8 Å². The van der Waals surface area contributed by atoms with Crippen molar-refractivity contribution in [1.29, 1.82) is 0 Å². The zero-order valence-corrected chi connectivity index (χ0v) is 28.6. The lowest BCUT2D eigenvalue weighted by Crippen LogP contribution is -2.10. The highest BCUT2D eigenvalue weighted by atomic mass is 19.1. The lowest BCUT2D eigenvalue weighted by atomic mass is 10.0. The number of ether oxygens (including phenoxy) is 4. The van der Waals surface area contributed by atoms with Crippen LogP contribution in [-0.2, 0) is 19.2 Å². The summed E-state index contributed by atoms with van der Waals surface area (Å²) in [7, 11) is 0. The van der Waals surface area contributed by atoms with Crippen molar-refractivity contribution < 1.29 is 42.5 Å². The lowest BCUT2D eigenvalue weighted by Gasteiger charge is -2.12. The second kappa shape index (κ2) is 16.2. The van der Waals surface area contributed by atoms with Crippen molar-refractivity contribution in [3.8, 4) is 45.3 Å². The number of benzene rings is 4. The average molecular weight is 687 g/mol. The first-order chi connectivity index (χ1) is 24.1. The van der Waals surface area contributed by atoms with Crippen molar-refractivity contribution in [2.45, 2.75) is 27.7 Å². The van der Waals surface area contributed by atoms with Crippen LogP contribution in [0.2, 0.25) is 0 Å². The highest BCUT2D eigenvalue weighted by Crippen LogP contribution is 2.34. The molecule has 0 aromatic heterocycles. The number of hydrogen-bond acceptors (Lipinski definition) is 8. The molecule has 4 rings (SSSR count). The summed E-state index contributed by atoms with van der Waals surface area (Å²) in [6.07, 6.45) is 3.54. The van der Waals surface area contributed by atoms with E-state index in [1.54, 1.807) is 36.4 Å². The Bertz CT molecular complexity index is 2040. The Morgan fingerprint density at radius 2 is 0.824 bits per heavy atom. The molecule has 9 heteroatoms. The minimum atomic E-state index is -0.690. The van der Waals surface area contributed by atoms with E-state index in [2.05, 4.69) is 26.3 Å². The molecule has 4 aromatic rings. The fourth-order valence-corrected chi connectivity index (χ4v) is 4.33. The molecule has 0 radical (unpaired) electrons. The Balaban J connectivity index is 1.58. The molecule has 258 valence electrons. The lowest BCUT2D eigenvalue weighted by molar-refractivity contribution is -0.131. The molecule has 0 N–H and O–H groups in total. The van der Waals surface area contributed by atoms with Crippen LogP contribution < -0.4 is 18.9 Å². The van der Waals surface area contributed by atoms with Gasteiger partial charge in [0, 0.05) is 40.0 Å². The summed E-state index contributed by atoms with van der Waals surface area (Å²) in [4.78, 5) is 48.7. The van der Waals surface area contributed by atoms with E-state index in [0.29, 0.717) is 16.7 Å². The van der Waals surface area contributed by atoms with Crippen LogP contribution in [0, 0.1) is 5.82 Å². The van der Waals surface area contributed by atoms with Gasteiger partial charge >= 0.3 is 23.9 Å². The first-order valence-electron chi connectivity index (χ1n) is 15.5. The van der Waals surface area contributed by atoms with Crippen molar-refractivity contribution in [1.82, 2.24) is 0 Å². The Morgan fingerprint density at radius 1 is 0.471 bits per heavy atom. The van der Waals surface area contributed by atoms with Gasteiger partial charge in [-0.05, 0) is 85.8 Å². The highest BCUT2D eigenvalue weighted by molar-refractivity contribution is 5.91. The molecule has 0 aliphatic rings. The first kappa shape index (κ1) is 37.2. The van der Waals surface area contributed by atoms with E-state index < -0.39 is 29.7 Å². The first-order valence-corrected chi connectivity index (χ1v) is 15.5. The number of hydrogen-bond donors (Lipinski definition) is 0. The average Bonchev–Trinajstić information content (AvgIpc) is 3.07. The van der Waals surface area contributed by atoms with Crippen molar-refractivity contribution in [2.24, 2.45) is 0 Å². The van der Waals surface area contributed by atoms with E-state index in [-0.39, 0.29) is 50.9 Å². The molecule has 8 nitrogen and oxygen atoms in total. The summed E-state index contributed by atoms with van der Waals surface area (Å²) >= 11 is 0. The van der Waals surface area contributed by atoms with Crippen LogP contribution in [0.4, 0.5) is 4.39 Å². The van der Waals surface area contributed by atoms with Crippen molar-refractivity contribution in [2.75, 3.05) is 0 Å². The van der Waals surface area contributed by atoms with E-state index in [0.717, 1.165) is 11.1 Å². The number of halogens is 1. The van der Waals surface area contributed by atoms with E-state index in [9.17, 15) is 19.2 Å². The molecular formula is C42H35FO8. The van der Waals surface area contributed by atoms with Gasteiger partial charge in [-0.3, -0.25) is 0 Å². The molecule has 51 heavy (non-hydrogen) atoms. The smallest absolute Gasteiger partial charge is 0.338 e. The van der Waals surface area contributed by atoms with Crippen LogP contribution in [0.15, 0.2) is 127 Å². The van der Waals surface area contributed by atoms with Crippen molar-refractivity contribution in [3.63, 3.8) is 0 Å². The fourth-order valence-electron chi connectivity index (χ4n) is 4.33. The third-order valence-electron chi connectivity index (χ3n) is 7.01. The third-order valence-corrected chi connectivity index (χ3v) is 7.01. The molecule has 0 spiro atoms. The second-order valence-corrected chi connectivity index (χ2v) is 11.8. The Morgan fingerprint density at radius 3 is 1.20 bits per heavy atom. The van der Waals surface area contributed by atoms with Gasteiger partial charge in [0.25, 0.3) is 0 Å². The predicted octanol–water partition coefficient (Wildman–Crippen LogP) is 9.26. The second-order valence-electron chi connectivity index (χ2n) is 11.8. The van der Waals surface area contributed by atoms with Gasteiger partial charge < -0.3 is 18.9 Å². The van der Waals surface area contributed by atoms with E-state index in [4.69, 9.17) is 18.9 Å². The number of carbonyl (C=O) groups excluding carboxylic acids is 4. The van der Waals surface area contributed by atoms with Gasteiger partial charge in [-0.1, -0.05) is 74.9 Å². The van der Waals surface area contributed by atoms with Crippen LogP contribution in [0.3, 0.4) is 0 Å². The third kappa shape index (κ3) is 10.2. The standard InChI is InChI=1S/C42H35FO8/c1-24(2)39(44)48-33-18-31(19-34(22-33)49-40(45)25(3)4)30-14-11-28(12-15-30)9-10-29-13-16-37(38(43)17-29)32-20-35(50-41(46)26(5)6)23-36(21-32)51-42(47)27(7)8/h9-23H,1,3,5,7H2,2,4,6,8H3. The van der Waals surface area contributed by atoms with Gasteiger partial charge in [-0.15, -0.1) is 0 Å². The van der Waals surface area contributed by atoms with Crippen LogP contribution >= 0.6 is 0 Å². The highest BCUT2D eigenvalue weighted by Gasteiger charge is 2.16. The summed E-state index contributed by atoms with van der Waals surface area (Å²) in [5.74, 6) is -2.77. The summed E-state index contributed by atoms with van der Waals surface area (Å²) in [5.41, 5.74) is 3.95. The monoisotopic (exact) mass is 686 g/mol. The van der Waals surface area contributed by atoms with E-state index in [1.165, 1.54) is 58.0 Å². The summed E-state index contributed by atoms with van der Waals surface area (Å²) in [5, 5.41) is 0. The minimum Gasteiger partial charge on any atom is -0.423 e. The Kier molecular flexibility index (Phi) is 11.8. The summed E-state index contributed by atoms with van der Waals surface area (Å²) in [6, 6.07) is 20.9. The van der Waals surface area contributed by atoms with Gasteiger partial charge in [0.15, 0.2) is 0 Å². The van der Waals surface area contributed by atoms with E-state index in [1.807, 2.05) is 24.3 Å².